The number of carbonyl (C=O) groups is 1. The highest BCUT2D eigenvalue weighted by molar-refractivity contribution is 7.22. The number of benzene rings is 2. The van der Waals surface area contributed by atoms with Gasteiger partial charge < -0.3 is 5.32 Å². The first-order chi connectivity index (χ1) is 10.6. The molecule has 1 amide bonds. The van der Waals surface area contributed by atoms with Gasteiger partial charge in [0, 0.05) is 0 Å². The molecule has 0 unspecified atom stereocenters. The summed E-state index contributed by atoms with van der Waals surface area (Å²) in [5, 5.41) is 3.36. The highest BCUT2D eigenvalue weighted by Gasteiger charge is 2.09. The third-order valence-corrected chi connectivity index (χ3v) is 4.29. The van der Waals surface area contributed by atoms with Crippen molar-refractivity contribution in [2.45, 2.75) is 19.8 Å². The zero-order valence-electron chi connectivity index (χ0n) is 12.1. The van der Waals surface area contributed by atoms with Crippen LogP contribution in [0.1, 0.15) is 18.1 Å². The number of carbonyl (C=O) groups excluding carboxylic acids is 1. The molecule has 3 aromatic rings. The first kappa shape index (κ1) is 14.7. The quantitative estimate of drug-likeness (QED) is 0.785. The second-order valence-electron chi connectivity index (χ2n) is 5.03. The number of fused-ring (bicyclic) bond motifs is 1. The molecule has 0 aliphatic rings. The molecule has 0 bridgehead atoms. The Morgan fingerprint density at radius 1 is 1.23 bits per heavy atom. The fourth-order valence-corrected chi connectivity index (χ4v) is 3.18. The van der Waals surface area contributed by atoms with Crippen molar-refractivity contribution in [3.8, 4) is 0 Å². The van der Waals surface area contributed by atoms with Crippen molar-refractivity contribution in [1.29, 1.82) is 0 Å². The standard InChI is InChI=1S/C17H15FN2OS/c1-2-11-6-7-14-15(9-11)22-17(19-14)20-16(21)10-12-4-3-5-13(18)8-12/h3-9H,2,10H2,1H3,(H,19,20,21). The number of aryl methyl sites for hydroxylation is 1. The Hall–Kier alpha value is -2.27. The van der Waals surface area contributed by atoms with Crippen LogP contribution in [0.25, 0.3) is 10.2 Å². The van der Waals surface area contributed by atoms with E-state index in [2.05, 4.69) is 23.3 Å². The zero-order valence-corrected chi connectivity index (χ0v) is 12.9. The topological polar surface area (TPSA) is 42.0 Å². The van der Waals surface area contributed by atoms with E-state index in [1.807, 2.05) is 12.1 Å². The number of halogens is 1. The number of hydrogen-bond donors (Lipinski definition) is 1. The van der Waals surface area contributed by atoms with E-state index >= 15 is 0 Å². The first-order valence-electron chi connectivity index (χ1n) is 7.08. The predicted molar refractivity (Wildman–Crippen MR) is 87.7 cm³/mol. The van der Waals surface area contributed by atoms with E-state index in [1.165, 1.54) is 29.0 Å². The van der Waals surface area contributed by atoms with Gasteiger partial charge in [0.1, 0.15) is 5.82 Å². The minimum atomic E-state index is -0.336. The number of nitrogens with zero attached hydrogens (tertiary/aromatic N) is 1. The predicted octanol–water partition coefficient (Wildman–Crippen LogP) is 4.18. The second kappa shape index (κ2) is 6.23. The largest absolute Gasteiger partial charge is 0.302 e. The molecule has 0 radical (unpaired) electrons. The van der Waals surface area contributed by atoms with Gasteiger partial charge in [-0.15, -0.1) is 0 Å². The molecule has 2 aromatic carbocycles. The van der Waals surface area contributed by atoms with E-state index in [1.54, 1.807) is 12.1 Å². The van der Waals surface area contributed by atoms with Crippen molar-refractivity contribution in [2.75, 3.05) is 5.32 Å². The van der Waals surface area contributed by atoms with Gasteiger partial charge in [0.05, 0.1) is 16.6 Å². The average Bonchev–Trinajstić information content (AvgIpc) is 2.87. The molecule has 0 aliphatic carbocycles. The summed E-state index contributed by atoms with van der Waals surface area (Å²) in [6, 6.07) is 12.2. The molecule has 0 saturated heterocycles. The van der Waals surface area contributed by atoms with E-state index in [0.717, 1.165) is 16.6 Å². The van der Waals surface area contributed by atoms with Crippen LogP contribution in [0.4, 0.5) is 9.52 Å². The summed E-state index contributed by atoms with van der Waals surface area (Å²) in [6.45, 7) is 2.10. The van der Waals surface area contributed by atoms with Crippen LogP contribution in [0.2, 0.25) is 0 Å². The van der Waals surface area contributed by atoms with Crippen molar-refractivity contribution in [1.82, 2.24) is 4.98 Å². The lowest BCUT2D eigenvalue weighted by Gasteiger charge is -2.01. The monoisotopic (exact) mass is 314 g/mol. The van der Waals surface area contributed by atoms with E-state index in [4.69, 9.17) is 0 Å². The van der Waals surface area contributed by atoms with Crippen molar-refractivity contribution in [2.24, 2.45) is 0 Å². The van der Waals surface area contributed by atoms with Gasteiger partial charge in [-0.3, -0.25) is 4.79 Å². The Morgan fingerprint density at radius 2 is 2.09 bits per heavy atom. The summed E-state index contributed by atoms with van der Waals surface area (Å²) in [5.74, 6) is -0.530. The van der Waals surface area contributed by atoms with Crippen LogP contribution in [0.15, 0.2) is 42.5 Å². The molecule has 5 heteroatoms. The molecule has 3 nitrogen and oxygen atoms in total. The summed E-state index contributed by atoms with van der Waals surface area (Å²) in [5.41, 5.74) is 2.77. The Kier molecular flexibility index (Phi) is 4.15. The molecule has 0 spiro atoms. The number of thiazole rings is 1. The Balaban J connectivity index is 1.73. The highest BCUT2D eigenvalue weighted by atomic mass is 32.1. The molecule has 0 saturated carbocycles. The average molecular weight is 314 g/mol. The lowest BCUT2D eigenvalue weighted by Crippen LogP contribution is -2.14. The van der Waals surface area contributed by atoms with Gasteiger partial charge in [0.2, 0.25) is 5.91 Å². The molecule has 0 atom stereocenters. The molecular weight excluding hydrogens is 299 g/mol. The van der Waals surface area contributed by atoms with Crippen LogP contribution in [0.3, 0.4) is 0 Å². The van der Waals surface area contributed by atoms with E-state index in [0.29, 0.717) is 10.7 Å². The Bertz CT molecular complexity index is 828. The van der Waals surface area contributed by atoms with Crippen LogP contribution in [-0.4, -0.2) is 10.9 Å². The van der Waals surface area contributed by atoms with Crippen LogP contribution >= 0.6 is 11.3 Å². The lowest BCUT2D eigenvalue weighted by molar-refractivity contribution is -0.115. The minimum absolute atomic E-state index is 0.133. The van der Waals surface area contributed by atoms with E-state index in [9.17, 15) is 9.18 Å². The Labute approximate surface area is 131 Å². The third kappa shape index (κ3) is 3.31. The van der Waals surface area contributed by atoms with Gasteiger partial charge in [0.15, 0.2) is 5.13 Å². The molecule has 0 fully saturated rings. The second-order valence-corrected chi connectivity index (χ2v) is 6.06. The first-order valence-corrected chi connectivity index (χ1v) is 7.89. The minimum Gasteiger partial charge on any atom is -0.302 e. The summed E-state index contributed by atoms with van der Waals surface area (Å²) in [4.78, 5) is 16.4. The third-order valence-electron chi connectivity index (χ3n) is 3.36. The smallest absolute Gasteiger partial charge is 0.230 e. The summed E-state index contributed by atoms with van der Waals surface area (Å²) >= 11 is 1.45. The molecule has 1 N–H and O–H groups in total. The van der Waals surface area contributed by atoms with Gasteiger partial charge in [-0.2, -0.15) is 0 Å². The van der Waals surface area contributed by atoms with Crippen LogP contribution in [0.5, 0.6) is 0 Å². The maximum Gasteiger partial charge on any atom is 0.230 e. The Morgan fingerprint density at radius 3 is 2.86 bits per heavy atom. The number of anilines is 1. The van der Waals surface area contributed by atoms with Gasteiger partial charge in [0.25, 0.3) is 0 Å². The molecule has 22 heavy (non-hydrogen) atoms. The SMILES string of the molecule is CCc1ccc2nc(NC(=O)Cc3cccc(F)c3)sc2c1. The van der Waals surface area contributed by atoms with Crippen LogP contribution < -0.4 is 5.32 Å². The molecular formula is C17H15FN2OS. The van der Waals surface area contributed by atoms with Crippen molar-refractivity contribution in [3.05, 3.63) is 59.4 Å². The van der Waals surface area contributed by atoms with Crippen LogP contribution in [0, 0.1) is 5.82 Å². The fraction of sp³-hybridized carbons (Fsp3) is 0.176. The zero-order chi connectivity index (χ0) is 15.5. The fourth-order valence-electron chi connectivity index (χ4n) is 2.24. The van der Waals surface area contributed by atoms with Gasteiger partial charge in [-0.25, -0.2) is 9.37 Å². The number of nitrogens with one attached hydrogen (secondary N) is 1. The summed E-state index contributed by atoms with van der Waals surface area (Å²) < 4.78 is 14.2. The van der Waals surface area contributed by atoms with Gasteiger partial charge in [-0.1, -0.05) is 36.5 Å². The van der Waals surface area contributed by atoms with E-state index < -0.39 is 0 Å². The maximum atomic E-state index is 13.1. The normalized spacial score (nSPS) is 10.8. The van der Waals surface area contributed by atoms with Crippen molar-refractivity contribution >= 4 is 32.6 Å². The number of aromatic nitrogens is 1. The lowest BCUT2D eigenvalue weighted by atomic mass is 10.1. The van der Waals surface area contributed by atoms with Crippen LogP contribution in [-0.2, 0) is 17.6 Å². The molecule has 1 aromatic heterocycles. The van der Waals surface area contributed by atoms with Gasteiger partial charge in [-0.05, 0) is 41.8 Å². The van der Waals surface area contributed by atoms with Crippen molar-refractivity contribution < 1.29 is 9.18 Å². The van der Waals surface area contributed by atoms with Crippen molar-refractivity contribution in [3.63, 3.8) is 0 Å². The van der Waals surface area contributed by atoms with E-state index in [-0.39, 0.29) is 18.1 Å². The summed E-state index contributed by atoms with van der Waals surface area (Å²) in [7, 11) is 0. The van der Waals surface area contributed by atoms with Gasteiger partial charge >= 0.3 is 0 Å². The molecule has 112 valence electrons. The molecule has 0 aliphatic heterocycles. The highest BCUT2D eigenvalue weighted by Crippen LogP contribution is 2.27. The molecule has 3 rings (SSSR count). The maximum absolute atomic E-state index is 13.1. The number of amides is 1. The number of rotatable bonds is 4. The molecule has 1 heterocycles. The summed E-state index contributed by atoms with van der Waals surface area (Å²) in [6.07, 6.45) is 1.10. The number of hydrogen-bond acceptors (Lipinski definition) is 3.